The van der Waals surface area contributed by atoms with E-state index in [1.165, 1.54) is 5.57 Å². The number of rotatable bonds is 4. The predicted molar refractivity (Wildman–Crippen MR) is 108 cm³/mol. The van der Waals surface area contributed by atoms with Gasteiger partial charge in [0.05, 0.1) is 5.71 Å². The fraction of sp³-hybridized carbons (Fsp3) is 0.783. The molecule has 0 aromatic carbocycles. The van der Waals surface area contributed by atoms with Crippen LogP contribution in [0.25, 0.3) is 0 Å². The van der Waals surface area contributed by atoms with Gasteiger partial charge in [-0.2, -0.15) is 0 Å². The number of carboxylic acid groups (broad SMARTS) is 1. The van der Waals surface area contributed by atoms with E-state index in [1.54, 1.807) is 6.92 Å². The van der Waals surface area contributed by atoms with Crippen LogP contribution < -0.4 is 0 Å². The van der Waals surface area contributed by atoms with E-state index in [9.17, 15) is 14.7 Å². The molecule has 0 aromatic heterocycles. The summed E-state index contributed by atoms with van der Waals surface area (Å²) in [5.41, 5.74) is 0.903. The molecule has 0 aliphatic heterocycles. The van der Waals surface area contributed by atoms with Crippen LogP contribution in [0.15, 0.2) is 16.8 Å². The molecule has 6 atom stereocenters. The molecule has 3 fully saturated rings. The minimum Gasteiger partial charge on any atom is -0.479 e. The molecule has 0 aromatic rings. The van der Waals surface area contributed by atoms with Crippen LogP contribution in [0.4, 0.5) is 0 Å². The summed E-state index contributed by atoms with van der Waals surface area (Å²) in [7, 11) is 0. The Morgan fingerprint density at radius 1 is 1.14 bits per heavy atom. The molecule has 0 amide bonds. The van der Waals surface area contributed by atoms with E-state index in [-0.39, 0.29) is 16.6 Å². The highest BCUT2D eigenvalue weighted by Crippen LogP contribution is 2.67. The fourth-order valence-corrected chi connectivity index (χ4v) is 7.41. The number of aliphatic hydroxyl groups is 1. The van der Waals surface area contributed by atoms with Crippen molar-refractivity contribution < 1.29 is 24.6 Å². The molecule has 0 saturated heterocycles. The van der Waals surface area contributed by atoms with Crippen molar-refractivity contribution in [2.24, 2.45) is 33.7 Å². The summed E-state index contributed by atoms with van der Waals surface area (Å²) in [5.74, 6) is 0.434. The first-order valence-corrected chi connectivity index (χ1v) is 11.0. The van der Waals surface area contributed by atoms with Gasteiger partial charge in [-0.25, -0.2) is 4.79 Å². The Morgan fingerprint density at radius 3 is 2.55 bits per heavy atom. The number of fused-ring (bicyclic) bond motifs is 5. The lowest BCUT2D eigenvalue weighted by Crippen LogP contribution is -2.57. The predicted octanol–water partition coefficient (Wildman–Crippen LogP) is 3.73. The first kappa shape index (κ1) is 20.6. The van der Waals surface area contributed by atoms with Gasteiger partial charge in [-0.3, -0.25) is 4.79 Å². The number of carbonyl (C=O) groups is 2. The zero-order chi connectivity index (χ0) is 21.0. The van der Waals surface area contributed by atoms with E-state index in [4.69, 9.17) is 9.94 Å². The third-order valence-electron chi connectivity index (χ3n) is 9.08. The first-order valence-electron chi connectivity index (χ1n) is 11.0. The number of allylic oxidation sites excluding steroid dienone is 2. The molecule has 0 radical (unpaired) electrons. The smallest absolute Gasteiger partial charge is 0.344 e. The molecule has 0 bridgehead atoms. The van der Waals surface area contributed by atoms with Gasteiger partial charge >= 0.3 is 5.97 Å². The third kappa shape index (κ3) is 2.97. The minimum absolute atomic E-state index is 0.0663. The van der Waals surface area contributed by atoms with E-state index in [0.29, 0.717) is 24.2 Å². The lowest BCUT2D eigenvalue weighted by Gasteiger charge is -2.59. The van der Waals surface area contributed by atoms with Crippen LogP contribution in [0.5, 0.6) is 0 Å². The highest BCUT2D eigenvalue weighted by Gasteiger charge is 2.65. The lowest BCUT2D eigenvalue weighted by molar-refractivity contribution is -0.159. The number of oxime groups is 1. The van der Waals surface area contributed by atoms with Crippen molar-refractivity contribution in [1.82, 2.24) is 0 Å². The average Bonchev–Trinajstić information content (AvgIpc) is 2.94. The van der Waals surface area contributed by atoms with Gasteiger partial charge in [0.25, 0.3) is 0 Å². The van der Waals surface area contributed by atoms with Crippen molar-refractivity contribution in [1.29, 1.82) is 0 Å². The van der Waals surface area contributed by atoms with Gasteiger partial charge in [-0.1, -0.05) is 24.6 Å². The van der Waals surface area contributed by atoms with Crippen LogP contribution >= 0.6 is 0 Å². The Bertz CT molecular complexity index is 788. The lowest BCUT2D eigenvalue weighted by atomic mass is 9.46. The Balaban J connectivity index is 1.57. The number of hydrogen-bond donors (Lipinski definition) is 2. The van der Waals surface area contributed by atoms with E-state index < -0.39 is 18.2 Å². The van der Waals surface area contributed by atoms with Crippen LogP contribution in [-0.4, -0.2) is 39.9 Å². The van der Waals surface area contributed by atoms with E-state index in [0.717, 1.165) is 50.7 Å². The van der Waals surface area contributed by atoms with Gasteiger partial charge in [0.15, 0.2) is 5.78 Å². The third-order valence-corrected chi connectivity index (χ3v) is 9.08. The Hall–Kier alpha value is -1.69. The summed E-state index contributed by atoms with van der Waals surface area (Å²) < 4.78 is 0. The summed E-state index contributed by atoms with van der Waals surface area (Å²) in [5, 5.41) is 24.0. The molecule has 4 aliphatic rings. The second-order valence-electron chi connectivity index (χ2n) is 10.2. The maximum Gasteiger partial charge on any atom is 0.344 e. The van der Waals surface area contributed by atoms with Crippen molar-refractivity contribution in [3.05, 3.63) is 11.6 Å². The summed E-state index contributed by atoms with van der Waals surface area (Å²) >= 11 is 0. The molecule has 3 saturated carbocycles. The van der Waals surface area contributed by atoms with Crippen LogP contribution in [0.3, 0.4) is 0 Å². The minimum atomic E-state index is -1.16. The summed E-state index contributed by atoms with van der Waals surface area (Å²) in [6, 6.07) is 0. The van der Waals surface area contributed by atoms with Gasteiger partial charge in [0, 0.05) is 5.41 Å². The Labute approximate surface area is 172 Å². The summed E-state index contributed by atoms with van der Waals surface area (Å²) in [4.78, 5) is 27.9. The van der Waals surface area contributed by atoms with Crippen LogP contribution in [0.2, 0.25) is 0 Å². The Morgan fingerprint density at radius 2 is 1.86 bits per heavy atom. The Kier molecular flexibility index (Phi) is 4.92. The molecule has 0 unspecified atom stereocenters. The zero-order valence-corrected chi connectivity index (χ0v) is 17.7. The number of ketones is 1. The molecule has 160 valence electrons. The number of aliphatic carboxylic acids is 1. The molecule has 2 N–H and O–H groups in total. The van der Waals surface area contributed by atoms with Gasteiger partial charge in [-0.05, 0) is 87.5 Å². The van der Waals surface area contributed by atoms with Crippen LogP contribution in [0.1, 0.15) is 72.1 Å². The second-order valence-corrected chi connectivity index (χ2v) is 10.2. The quantitative estimate of drug-likeness (QED) is 0.697. The van der Waals surface area contributed by atoms with Crippen molar-refractivity contribution in [2.75, 3.05) is 6.61 Å². The van der Waals surface area contributed by atoms with Crippen molar-refractivity contribution in [2.45, 2.75) is 77.7 Å². The number of nitrogens with zero attached hydrogens (tertiary/aromatic N) is 1. The molecule has 29 heavy (non-hydrogen) atoms. The largest absolute Gasteiger partial charge is 0.479 e. The van der Waals surface area contributed by atoms with Gasteiger partial charge in [-0.15, -0.1) is 0 Å². The monoisotopic (exact) mass is 403 g/mol. The van der Waals surface area contributed by atoms with Crippen LogP contribution in [-0.2, 0) is 14.4 Å². The zero-order valence-electron chi connectivity index (χ0n) is 17.7. The van der Waals surface area contributed by atoms with Gasteiger partial charge in [0.1, 0.15) is 5.60 Å². The van der Waals surface area contributed by atoms with E-state index in [1.807, 2.05) is 0 Å². The van der Waals surface area contributed by atoms with Crippen molar-refractivity contribution in [3.8, 4) is 0 Å². The van der Waals surface area contributed by atoms with Gasteiger partial charge in [0.2, 0.25) is 6.61 Å². The summed E-state index contributed by atoms with van der Waals surface area (Å²) in [6.07, 6.45) is 9.50. The number of carbonyl (C=O) groups excluding carboxylic acids is 1. The molecule has 0 spiro atoms. The molecular weight excluding hydrogens is 370 g/mol. The molecule has 6 nitrogen and oxygen atoms in total. The van der Waals surface area contributed by atoms with E-state index >= 15 is 0 Å². The SMILES string of the molecule is CC(=O)[C@@]1(O)CC[C@@H]2[C@H]3CCC4=C/C(=N/OCC(=O)O)CC[C@]4(C)[C@H]3CC[C@@]21C. The molecule has 4 rings (SSSR count). The molecular formula is C23H33NO5. The van der Waals surface area contributed by atoms with Gasteiger partial charge < -0.3 is 15.1 Å². The normalized spacial score (nSPS) is 45.0. The molecule has 6 heteroatoms. The summed E-state index contributed by atoms with van der Waals surface area (Å²) in [6.45, 7) is 5.67. The highest BCUT2D eigenvalue weighted by atomic mass is 16.6. The van der Waals surface area contributed by atoms with Crippen molar-refractivity contribution in [3.63, 3.8) is 0 Å². The standard InChI is InChI=1S/C23H33NO5/c1-14(25)23(28)11-8-19-17-5-4-15-12-16(24-29-13-20(26)27)6-9-21(15,2)18(17)7-10-22(19,23)3/h12,17-19,28H,4-11,13H2,1-3H3,(H,26,27)/b24-16+/t17-,18-,19+,21-,22-,23-/m0/s1. The number of Topliss-reactive ketones (excluding diaryl/α,β-unsaturated/α-hetero) is 1. The molecule has 0 heterocycles. The maximum absolute atomic E-state index is 12.3. The number of carboxylic acids is 1. The second kappa shape index (κ2) is 6.93. The van der Waals surface area contributed by atoms with E-state index in [2.05, 4.69) is 25.1 Å². The maximum atomic E-state index is 12.3. The molecule has 4 aliphatic carbocycles. The fourth-order valence-electron chi connectivity index (χ4n) is 7.41. The van der Waals surface area contributed by atoms with Crippen molar-refractivity contribution >= 4 is 17.5 Å². The highest BCUT2D eigenvalue weighted by molar-refractivity contribution is 5.96. The topological polar surface area (TPSA) is 96.2 Å². The number of hydrogen-bond acceptors (Lipinski definition) is 5. The average molecular weight is 404 g/mol. The van der Waals surface area contributed by atoms with Crippen LogP contribution in [0, 0.1) is 28.6 Å². The first-order chi connectivity index (χ1) is 13.6.